The highest BCUT2D eigenvalue weighted by atomic mass is 16.4. The topological polar surface area (TPSA) is 60.6 Å². The standard InChI is InChI=1S/C14H18N4O/c19-16-11-14(13-7-3-1-4-8-13)17-15-12-18-9-5-2-6-10-18/h1,3-4,7-8,11-12,19H,2,5-6,9-10H2/b15-12?,16-11+,17-14+. The monoisotopic (exact) mass is 258 g/mol. The van der Waals surface area contributed by atoms with Crippen LogP contribution in [0.2, 0.25) is 0 Å². The Kier molecular flexibility index (Phi) is 5.10. The number of nitrogens with zero attached hydrogens (tertiary/aromatic N) is 4. The lowest BCUT2D eigenvalue weighted by Gasteiger charge is -2.23. The van der Waals surface area contributed by atoms with Crippen molar-refractivity contribution < 1.29 is 5.21 Å². The Morgan fingerprint density at radius 2 is 1.84 bits per heavy atom. The summed E-state index contributed by atoms with van der Waals surface area (Å²) in [5, 5.41) is 19.9. The van der Waals surface area contributed by atoms with Crippen LogP contribution in [-0.2, 0) is 0 Å². The van der Waals surface area contributed by atoms with Crippen molar-refractivity contribution in [3.8, 4) is 0 Å². The average molecular weight is 258 g/mol. The summed E-state index contributed by atoms with van der Waals surface area (Å²) < 4.78 is 0. The second-order valence-electron chi connectivity index (χ2n) is 4.42. The lowest BCUT2D eigenvalue weighted by atomic mass is 10.1. The van der Waals surface area contributed by atoms with Crippen molar-refractivity contribution >= 4 is 18.3 Å². The van der Waals surface area contributed by atoms with Gasteiger partial charge in [0.05, 0.1) is 6.21 Å². The second-order valence-corrected chi connectivity index (χ2v) is 4.42. The molecule has 19 heavy (non-hydrogen) atoms. The summed E-state index contributed by atoms with van der Waals surface area (Å²) in [6, 6.07) is 9.54. The molecule has 0 unspecified atom stereocenters. The lowest BCUT2D eigenvalue weighted by Crippen LogP contribution is -2.28. The molecule has 1 heterocycles. The Morgan fingerprint density at radius 1 is 1.11 bits per heavy atom. The van der Waals surface area contributed by atoms with E-state index in [-0.39, 0.29) is 0 Å². The molecule has 1 N–H and O–H groups in total. The molecule has 1 aliphatic rings. The van der Waals surface area contributed by atoms with E-state index in [4.69, 9.17) is 5.21 Å². The van der Waals surface area contributed by atoms with Gasteiger partial charge in [0, 0.05) is 18.7 Å². The van der Waals surface area contributed by atoms with E-state index < -0.39 is 0 Å². The zero-order valence-corrected chi connectivity index (χ0v) is 10.8. The number of likely N-dealkylation sites (tertiary alicyclic amines) is 1. The summed E-state index contributed by atoms with van der Waals surface area (Å²) in [6.45, 7) is 2.07. The zero-order valence-electron chi connectivity index (χ0n) is 10.8. The molecule has 100 valence electrons. The van der Waals surface area contributed by atoms with Crippen LogP contribution in [0.25, 0.3) is 0 Å². The first-order valence-corrected chi connectivity index (χ1v) is 6.48. The summed E-state index contributed by atoms with van der Waals surface area (Å²) in [4.78, 5) is 2.16. The molecule has 0 atom stereocenters. The quantitative estimate of drug-likeness (QED) is 0.390. The number of oxime groups is 1. The number of hydrogen-bond donors (Lipinski definition) is 1. The minimum atomic E-state index is 0.538. The average Bonchev–Trinajstić information content (AvgIpc) is 2.48. The summed E-state index contributed by atoms with van der Waals surface area (Å²) in [7, 11) is 0. The van der Waals surface area contributed by atoms with Gasteiger partial charge in [0.25, 0.3) is 0 Å². The van der Waals surface area contributed by atoms with Crippen molar-refractivity contribution in [3.05, 3.63) is 35.9 Å². The number of rotatable bonds is 4. The molecule has 0 amide bonds. The first kappa shape index (κ1) is 13.3. The SMILES string of the molecule is O/N=C/C(=N\N=CN1CCCCC1)c1ccccc1. The molecule has 1 fully saturated rings. The molecular formula is C14H18N4O. The molecule has 0 radical (unpaired) electrons. The van der Waals surface area contributed by atoms with Crippen molar-refractivity contribution in [3.63, 3.8) is 0 Å². The maximum atomic E-state index is 8.67. The van der Waals surface area contributed by atoms with Crippen LogP contribution in [0, 0.1) is 0 Å². The van der Waals surface area contributed by atoms with Crippen LogP contribution >= 0.6 is 0 Å². The molecule has 1 aliphatic heterocycles. The van der Waals surface area contributed by atoms with E-state index in [2.05, 4.69) is 20.3 Å². The molecule has 2 rings (SSSR count). The van der Waals surface area contributed by atoms with Crippen molar-refractivity contribution in [1.29, 1.82) is 0 Å². The minimum absolute atomic E-state index is 0.538. The Bertz CT molecular complexity index is 462. The molecule has 0 spiro atoms. The van der Waals surface area contributed by atoms with Crippen LogP contribution in [0.1, 0.15) is 24.8 Å². The fourth-order valence-electron chi connectivity index (χ4n) is 2.02. The van der Waals surface area contributed by atoms with E-state index in [1.54, 1.807) is 6.34 Å². The van der Waals surface area contributed by atoms with Gasteiger partial charge in [-0.05, 0) is 19.3 Å². The summed E-state index contributed by atoms with van der Waals surface area (Å²) in [5.74, 6) is 0. The largest absolute Gasteiger partial charge is 0.411 e. The predicted molar refractivity (Wildman–Crippen MR) is 77.2 cm³/mol. The van der Waals surface area contributed by atoms with Gasteiger partial charge in [-0.25, -0.2) is 0 Å². The molecule has 0 bridgehead atoms. The minimum Gasteiger partial charge on any atom is -0.411 e. The Balaban J connectivity index is 2.06. The second kappa shape index (κ2) is 7.31. The van der Waals surface area contributed by atoms with E-state index in [9.17, 15) is 0 Å². The highest BCUT2D eigenvalue weighted by molar-refractivity contribution is 6.38. The van der Waals surface area contributed by atoms with E-state index in [0.29, 0.717) is 5.71 Å². The van der Waals surface area contributed by atoms with Crippen LogP contribution in [0.5, 0.6) is 0 Å². The predicted octanol–water partition coefficient (Wildman–Crippen LogP) is 2.36. The molecule has 0 aliphatic carbocycles. The van der Waals surface area contributed by atoms with E-state index in [1.807, 2.05) is 30.3 Å². The maximum Gasteiger partial charge on any atom is 0.115 e. The fraction of sp³-hybridized carbons (Fsp3) is 0.357. The van der Waals surface area contributed by atoms with Gasteiger partial charge in [-0.15, -0.1) is 10.2 Å². The zero-order chi connectivity index (χ0) is 13.3. The first-order valence-electron chi connectivity index (χ1n) is 6.48. The highest BCUT2D eigenvalue weighted by Gasteiger charge is 2.05. The van der Waals surface area contributed by atoms with E-state index in [1.165, 1.54) is 25.5 Å². The normalized spacial score (nSPS) is 17.5. The summed E-state index contributed by atoms with van der Waals surface area (Å²) in [5.41, 5.74) is 1.41. The molecule has 0 saturated carbocycles. The van der Waals surface area contributed by atoms with Gasteiger partial charge in [0.2, 0.25) is 0 Å². The molecule has 1 aromatic carbocycles. The number of hydrogen-bond acceptors (Lipinski definition) is 4. The van der Waals surface area contributed by atoms with Crippen LogP contribution in [-0.4, -0.2) is 41.5 Å². The lowest BCUT2D eigenvalue weighted by molar-refractivity contribution is 0.322. The van der Waals surface area contributed by atoms with Gasteiger partial charge in [-0.2, -0.15) is 0 Å². The smallest absolute Gasteiger partial charge is 0.115 e. The summed E-state index contributed by atoms with van der Waals surface area (Å²) in [6.07, 6.45) is 6.76. The van der Waals surface area contributed by atoms with Crippen molar-refractivity contribution in [1.82, 2.24) is 4.90 Å². The molecule has 1 saturated heterocycles. The third-order valence-electron chi connectivity index (χ3n) is 3.02. The molecule has 1 aromatic rings. The fourth-order valence-corrected chi connectivity index (χ4v) is 2.02. The molecule has 5 nitrogen and oxygen atoms in total. The highest BCUT2D eigenvalue weighted by Crippen LogP contribution is 2.06. The van der Waals surface area contributed by atoms with Gasteiger partial charge in [-0.3, -0.25) is 0 Å². The van der Waals surface area contributed by atoms with E-state index in [0.717, 1.165) is 18.7 Å². The number of piperidine rings is 1. The molecular weight excluding hydrogens is 240 g/mol. The third-order valence-corrected chi connectivity index (χ3v) is 3.02. The third kappa shape index (κ3) is 4.21. The molecule has 5 heteroatoms. The van der Waals surface area contributed by atoms with Crippen molar-refractivity contribution in [2.75, 3.05) is 13.1 Å². The van der Waals surface area contributed by atoms with Gasteiger partial charge >= 0.3 is 0 Å². The van der Waals surface area contributed by atoms with E-state index >= 15 is 0 Å². The Labute approximate surface area is 113 Å². The summed E-state index contributed by atoms with van der Waals surface area (Å²) >= 11 is 0. The first-order chi connectivity index (χ1) is 9.40. The van der Waals surface area contributed by atoms with Gasteiger partial charge in [0.15, 0.2) is 0 Å². The number of benzene rings is 1. The Morgan fingerprint density at radius 3 is 2.53 bits per heavy atom. The van der Waals surface area contributed by atoms with Crippen LogP contribution in [0.15, 0.2) is 45.7 Å². The van der Waals surface area contributed by atoms with Crippen LogP contribution in [0.4, 0.5) is 0 Å². The van der Waals surface area contributed by atoms with Gasteiger partial charge in [0.1, 0.15) is 12.1 Å². The molecule has 0 aromatic heterocycles. The Hall–Kier alpha value is -2.17. The van der Waals surface area contributed by atoms with Crippen molar-refractivity contribution in [2.45, 2.75) is 19.3 Å². The van der Waals surface area contributed by atoms with Gasteiger partial charge < -0.3 is 10.1 Å². The van der Waals surface area contributed by atoms with Crippen LogP contribution < -0.4 is 0 Å². The van der Waals surface area contributed by atoms with Crippen LogP contribution in [0.3, 0.4) is 0 Å². The van der Waals surface area contributed by atoms with Gasteiger partial charge in [-0.1, -0.05) is 35.5 Å². The maximum absolute atomic E-state index is 8.67. The van der Waals surface area contributed by atoms with Crippen molar-refractivity contribution in [2.24, 2.45) is 15.4 Å².